The summed E-state index contributed by atoms with van der Waals surface area (Å²) in [5.41, 5.74) is 3.17. The van der Waals surface area contributed by atoms with Crippen LogP contribution in [-0.2, 0) is 25.7 Å². The van der Waals surface area contributed by atoms with Crippen molar-refractivity contribution in [1.29, 1.82) is 0 Å². The van der Waals surface area contributed by atoms with E-state index in [-0.39, 0.29) is 23.3 Å². The number of halogens is 4. The number of ether oxygens (including phenoxy) is 1. The number of hydrogen-bond acceptors (Lipinski definition) is 1. The Morgan fingerprint density at radius 1 is 0.424 bits per heavy atom. The van der Waals surface area contributed by atoms with Gasteiger partial charge in [0.2, 0.25) is 0 Å². The van der Waals surface area contributed by atoms with E-state index in [1.54, 1.807) is 36.4 Å². The molecule has 33 heavy (non-hydrogen) atoms. The molecule has 0 atom stereocenters. The van der Waals surface area contributed by atoms with Crippen LogP contribution in [0, 0.1) is 23.3 Å². The maximum atomic E-state index is 14.0. The zero-order valence-corrected chi connectivity index (χ0v) is 17.8. The van der Waals surface area contributed by atoms with Gasteiger partial charge in [0, 0.05) is 0 Å². The molecule has 0 saturated carbocycles. The van der Waals surface area contributed by atoms with Crippen LogP contribution in [0.4, 0.5) is 17.6 Å². The molecule has 0 saturated heterocycles. The fourth-order valence-corrected chi connectivity index (χ4v) is 3.66. The molecule has 4 aromatic rings. The van der Waals surface area contributed by atoms with Gasteiger partial charge >= 0.3 is 0 Å². The Bertz CT molecular complexity index is 1120. The maximum Gasteiger partial charge on any atom is 0.130 e. The second-order valence-corrected chi connectivity index (χ2v) is 7.86. The van der Waals surface area contributed by atoms with Gasteiger partial charge in [-0.25, -0.2) is 17.6 Å². The molecule has 4 rings (SSSR count). The van der Waals surface area contributed by atoms with Crippen molar-refractivity contribution in [2.45, 2.75) is 25.7 Å². The van der Waals surface area contributed by atoms with E-state index in [2.05, 4.69) is 0 Å². The average molecular weight is 450 g/mol. The van der Waals surface area contributed by atoms with Crippen molar-refractivity contribution < 1.29 is 22.3 Å². The Labute approximate surface area is 190 Å². The van der Waals surface area contributed by atoms with E-state index in [4.69, 9.17) is 4.74 Å². The molecule has 0 unspecified atom stereocenters. The van der Waals surface area contributed by atoms with Crippen LogP contribution in [0.5, 0.6) is 11.5 Å². The molecular weight excluding hydrogens is 428 g/mol. The zero-order chi connectivity index (χ0) is 23.2. The lowest BCUT2D eigenvalue weighted by atomic mass is 10.0. The quantitative estimate of drug-likeness (QED) is 0.251. The molecule has 0 fully saturated rings. The smallest absolute Gasteiger partial charge is 0.130 e. The minimum absolute atomic E-state index is 0.307. The predicted octanol–water partition coefficient (Wildman–Crippen LogP) is 7.61. The standard InChI is InChI=1S/C28H22F4O/c29-23-9-3-19(4-10-23)1-7-21-17-25(31)13-15-27(21)33-28-16-14-26(32)18-22(28)8-2-20-5-11-24(30)12-6-20/h3-6,9-18H,1-2,7-8H2. The minimum Gasteiger partial charge on any atom is -0.457 e. The van der Waals surface area contributed by atoms with Gasteiger partial charge in [-0.1, -0.05) is 24.3 Å². The van der Waals surface area contributed by atoms with E-state index < -0.39 is 0 Å². The molecule has 4 aromatic carbocycles. The largest absolute Gasteiger partial charge is 0.457 e. The molecule has 5 heteroatoms. The highest BCUT2D eigenvalue weighted by atomic mass is 19.1. The van der Waals surface area contributed by atoms with Gasteiger partial charge in [0.05, 0.1) is 0 Å². The van der Waals surface area contributed by atoms with Gasteiger partial charge in [0.1, 0.15) is 34.8 Å². The highest BCUT2D eigenvalue weighted by molar-refractivity contribution is 5.42. The molecule has 168 valence electrons. The minimum atomic E-state index is -0.382. The Balaban J connectivity index is 1.53. The highest BCUT2D eigenvalue weighted by Crippen LogP contribution is 2.31. The van der Waals surface area contributed by atoms with Gasteiger partial charge in [0.25, 0.3) is 0 Å². The van der Waals surface area contributed by atoms with Crippen molar-refractivity contribution in [1.82, 2.24) is 0 Å². The lowest BCUT2D eigenvalue weighted by molar-refractivity contribution is 0.465. The molecule has 0 spiro atoms. The Morgan fingerprint density at radius 2 is 0.788 bits per heavy atom. The molecule has 0 amide bonds. The monoisotopic (exact) mass is 450 g/mol. The first-order valence-corrected chi connectivity index (χ1v) is 10.7. The van der Waals surface area contributed by atoms with Crippen LogP contribution < -0.4 is 4.74 Å². The third-order valence-electron chi connectivity index (χ3n) is 5.46. The van der Waals surface area contributed by atoms with Gasteiger partial charge in [-0.15, -0.1) is 0 Å². The Morgan fingerprint density at radius 3 is 1.18 bits per heavy atom. The normalized spacial score (nSPS) is 10.9. The number of rotatable bonds is 8. The fraction of sp³-hybridized carbons (Fsp3) is 0.143. The summed E-state index contributed by atoms with van der Waals surface area (Å²) in [5.74, 6) is -0.420. The van der Waals surface area contributed by atoms with Crippen molar-refractivity contribution in [2.75, 3.05) is 0 Å². The highest BCUT2D eigenvalue weighted by Gasteiger charge is 2.12. The maximum absolute atomic E-state index is 14.0. The van der Waals surface area contributed by atoms with Gasteiger partial charge < -0.3 is 4.74 Å². The third kappa shape index (κ3) is 6.22. The Kier molecular flexibility index (Phi) is 7.08. The van der Waals surface area contributed by atoms with Gasteiger partial charge in [-0.2, -0.15) is 0 Å². The molecular formula is C28H22F4O. The molecule has 0 N–H and O–H groups in total. The van der Waals surface area contributed by atoms with Gasteiger partial charge in [-0.3, -0.25) is 0 Å². The summed E-state index contributed by atoms with van der Waals surface area (Å²) in [7, 11) is 0. The van der Waals surface area contributed by atoms with E-state index in [0.29, 0.717) is 48.3 Å². The van der Waals surface area contributed by atoms with Crippen LogP contribution in [0.1, 0.15) is 22.3 Å². The van der Waals surface area contributed by atoms with Crippen molar-refractivity contribution in [3.8, 4) is 11.5 Å². The summed E-state index contributed by atoms with van der Waals surface area (Å²) in [4.78, 5) is 0. The number of aryl methyl sites for hydroxylation is 4. The molecule has 0 heterocycles. The van der Waals surface area contributed by atoms with Crippen LogP contribution in [-0.4, -0.2) is 0 Å². The van der Waals surface area contributed by atoms with E-state index in [9.17, 15) is 17.6 Å². The molecule has 0 aromatic heterocycles. The van der Waals surface area contributed by atoms with Crippen LogP contribution in [0.15, 0.2) is 84.9 Å². The van der Waals surface area contributed by atoms with E-state index >= 15 is 0 Å². The van der Waals surface area contributed by atoms with E-state index in [1.165, 1.54) is 48.5 Å². The topological polar surface area (TPSA) is 9.23 Å². The van der Waals surface area contributed by atoms with Crippen molar-refractivity contribution in [3.63, 3.8) is 0 Å². The molecule has 0 aliphatic rings. The first-order chi connectivity index (χ1) is 16.0. The van der Waals surface area contributed by atoms with Crippen molar-refractivity contribution in [3.05, 3.63) is 130 Å². The van der Waals surface area contributed by atoms with Gasteiger partial charge in [-0.05, 0) is 109 Å². The second kappa shape index (κ2) is 10.3. The first-order valence-electron chi connectivity index (χ1n) is 10.7. The van der Waals surface area contributed by atoms with E-state index in [0.717, 1.165) is 11.1 Å². The van der Waals surface area contributed by atoms with Crippen molar-refractivity contribution in [2.24, 2.45) is 0 Å². The van der Waals surface area contributed by atoms with Gasteiger partial charge in [0.15, 0.2) is 0 Å². The lowest BCUT2D eigenvalue weighted by Gasteiger charge is -2.15. The molecule has 0 aliphatic heterocycles. The van der Waals surface area contributed by atoms with E-state index in [1.807, 2.05) is 0 Å². The summed E-state index contributed by atoms with van der Waals surface area (Å²) in [6.45, 7) is 0. The van der Waals surface area contributed by atoms with Crippen LogP contribution in [0.2, 0.25) is 0 Å². The molecule has 0 bridgehead atoms. The summed E-state index contributed by atoms with van der Waals surface area (Å²) >= 11 is 0. The number of hydrogen-bond donors (Lipinski definition) is 0. The third-order valence-corrected chi connectivity index (χ3v) is 5.46. The molecule has 0 aliphatic carbocycles. The summed E-state index contributed by atoms with van der Waals surface area (Å²) < 4.78 is 60.3. The van der Waals surface area contributed by atoms with Crippen LogP contribution >= 0.6 is 0 Å². The van der Waals surface area contributed by atoms with Crippen molar-refractivity contribution >= 4 is 0 Å². The average Bonchev–Trinajstić information content (AvgIpc) is 2.81. The SMILES string of the molecule is Fc1ccc(CCc2cc(F)ccc2Oc2ccc(F)cc2CCc2ccc(F)cc2)cc1. The summed E-state index contributed by atoms with van der Waals surface area (Å²) in [6, 6.07) is 20.9. The first kappa shape index (κ1) is 22.6. The Hall–Kier alpha value is -3.60. The van der Waals surface area contributed by atoms with Crippen LogP contribution in [0.3, 0.4) is 0 Å². The fourth-order valence-electron chi connectivity index (χ4n) is 3.66. The summed E-state index contributed by atoms with van der Waals surface area (Å²) in [6.07, 6.45) is 2.15. The molecule has 0 radical (unpaired) electrons. The predicted molar refractivity (Wildman–Crippen MR) is 120 cm³/mol. The second-order valence-electron chi connectivity index (χ2n) is 7.86. The lowest BCUT2D eigenvalue weighted by Crippen LogP contribution is -2.00. The number of benzene rings is 4. The van der Waals surface area contributed by atoms with Crippen LogP contribution in [0.25, 0.3) is 0 Å². The molecule has 1 nitrogen and oxygen atoms in total. The summed E-state index contributed by atoms with van der Waals surface area (Å²) in [5, 5.41) is 0. The zero-order valence-electron chi connectivity index (χ0n) is 17.8.